The van der Waals surface area contributed by atoms with Crippen LogP contribution in [-0.4, -0.2) is 41.1 Å². The van der Waals surface area contributed by atoms with Gasteiger partial charge in [-0.1, -0.05) is 0 Å². The van der Waals surface area contributed by atoms with Crippen molar-refractivity contribution >= 4 is 11.6 Å². The normalized spacial score (nSPS) is 22.1. The second kappa shape index (κ2) is 5.84. The van der Waals surface area contributed by atoms with E-state index in [1.54, 1.807) is 12.3 Å². The standard InChI is InChI=1S/C17H17FN6O/c1-10-15(18)16(25)22-17(21-10)24-8-11-6-23(7-12(11)9-24)14-3-2-13(4-19)20-5-14/h2-3,5,11-12H,6-9H2,1H3,(H,21,22,25). The minimum Gasteiger partial charge on any atom is -0.370 e. The molecule has 2 aromatic rings. The van der Waals surface area contributed by atoms with Gasteiger partial charge in [0, 0.05) is 38.0 Å². The Morgan fingerprint density at radius 3 is 2.48 bits per heavy atom. The monoisotopic (exact) mass is 340 g/mol. The molecule has 0 aliphatic carbocycles. The van der Waals surface area contributed by atoms with E-state index in [0.717, 1.165) is 31.9 Å². The van der Waals surface area contributed by atoms with Crippen LogP contribution in [0.4, 0.5) is 16.0 Å². The van der Waals surface area contributed by atoms with E-state index in [1.807, 2.05) is 17.0 Å². The predicted molar refractivity (Wildman–Crippen MR) is 89.9 cm³/mol. The van der Waals surface area contributed by atoms with Crippen molar-refractivity contribution in [2.75, 3.05) is 36.0 Å². The molecule has 2 saturated heterocycles. The minimum atomic E-state index is -0.817. The molecule has 0 amide bonds. The maximum absolute atomic E-state index is 13.5. The summed E-state index contributed by atoms with van der Waals surface area (Å²) < 4.78 is 13.5. The first-order valence-electron chi connectivity index (χ1n) is 8.17. The second-order valence-electron chi connectivity index (χ2n) is 6.63. The van der Waals surface area contributed by atoms with Gasteiger partial charge in [0.1, 0.15) is 11.8 Å². The fourth-order valence-corrected chi connectivity index (χ4v) is 3.72. The van der Waals surface area contributed by atoms with Gasteiger partial charge in [0.05, 0.1) is 17.6 Å². The molecule has 0 saturated carbocycles. The van der Waals surface area contributed by atoms with Crippen molar-refractivity contribution in [2.45, 2.75) is 6.92 Å². The Morgan fingerprint density at radius 1 is 1.24 bits per heavy atom. The van der Waals surface area contributed by atoms with Crippen LogP contribution < -0.4 is 15.4 Å². The zero-order chi connectivity index (χ0) is 17.6. The molecule has 2 atom stereocenters. The number of halogens is 1. The highest BCUT2D eigenvalue weighted by molar-refractivity contribution is 5.48. The molecule has 7 nitrogen and oxygen atoms in total. The highest BCUT2D eigenvalue weighted by Crippen LogP contribution is 2.34. The summed E-state index contributed by atoms with van der Waals surface area (Å²) in [4.78, 5) is 26.8. The van der Waals surface area contributed by atoms with E-state index in [0.29, 0.717) is 23.5 Å². The summed E-state index contributed by atoms with van der Waals surface area (Å²) in [5.41, 5.74) is 0.839. The van der Waals surface area contributed by atoms with Crippen LogP contribution in [0.15, 0.2) is 23.1 Å². The van der Waals surface area contributed by atoms with Crippen LogP contribution in [0.25, 0.3) is 0 Å². The molecule has 25 heavy (non-hydrogen) atoms. The average Bonchev–Trinajstić information content (AvgIpc) is 3.18. The molecule has 0 bridgehead atoms. The van der Waals surface area contributed by atoms with Crippen LogP contribution in [0, 0.1) is 35.9 Å². The summed E-state index contributed by atoms with van der Waals surface area (Å²) in [6, 6.07) is 5.67. The van der Waals surface area contributed by atoms with Crippen LogP contribution in [0.2, 0.25) is 0 Å². The maximum atomic E-state index is 13.5. The Labute approximate surface area is 143 Å². The molecule has 4 rings (SSSR count). The minimum absolute atomic E-state index is 0.126. The van der Waals surface area contributed by atoms with E-state index in [9.17, 15) is 9.18 Å². The van der Waals surface area contributed by atoms with Gasteiger partial charge in [-0.3, -0.25) is 9.78 Å². The van der Waals surface area contributed by atoms with Gasteiger partial charge >= 0.3 is 0 Å². The number of aryl methyl sites for hydroxylation is 1. The molecule has 128 valence electrons. The number of pyridine rings is 1. The zero-order valence-corrected chi connectivity index (χ0v) is 13.7. The molecule has 2 unspecified atom stereocenters. The fourth-order valence-electron chi connectivity index (χ4n) is 3.72. The van der Waals surface area contributed by atoms with Crippen molar-refractivity contribution in [1.82, 2.24) is 15.0 Å². The maximum Gasteiger partial charge on any atom is 0.288 e. The van der Waals surface area contributed by atoms with Gasteiger partial charge in [-0.2, -0.15) is 9.65 Å². The highest BCUT2D eigenvalue weighted by Gasteiger charge is 2.41. The summed E-state index contributed by atoms with van der Waals surface area (Å²) in [6.45, 7) is 4.83. The number of anilines is 2. The zero-order valence-electron chi connectivity index (χ0n) is 13.7. The number of nitrogens with one attached hydrogen (secondary N) is 1. The Kier molecular flexibility index (Phi) is 3.64. The summed E-state index contributed by atoms with van der Waals surface area (Å²) in [6.07, 6.45) is 1.74. The quantitative estimate of drug-likeness (QED) is 0.879. The number of aromatic amines is 1. The molecule has 0 spiro atoms. The van der Waals surface area contributed by atoms with E-state index in [-0.39, 0.29) is 5.69 Å². The number of hydrogen-bond acceptors (Lipinski definition) is 6. The van der Waals surface area contributed by atoms with Gasteiger partial charge in [0.25, 0.3) is 5.56 Å². The van der Waals surface area contributed by atoms with Crippen molar-refractivity contribution in [3.05, 3.63) is 45.9 Å². The fraction of sp³-hybridized carbons (Fsp3) is 0.412. The molecule has 0 radical (unpaired) electrons. The third-order valence-corrected chi connectivity index (χ3v) is 5.03. The van der Waals surface area contributed by atoms with Crippen LogP contribution in [0.5, 0.6) is 0 Å². The van der Waals surface area contributed by atoms with Crippen LogP contribution in [-0.2, 0) is 0 Å². The molecular weight excluding hydrogens is 323 g/mol. The lowest BCUT2D eigenvalue weighted by Gasteiger charge is -2.23. The number of nitrogens with zero attached hydrogens (tertiary/aromatic N) is 5. The van der Waals surface area contributed by atoms with E-state index in [2.05, 4.69) is 19.9 Å². The Balaban J connectivity index is 1.47. The van der Waals surface area contributed by atoms with Gasteiger partial charge in [0.2, 0.25) is 11.8 Å². The number of hydrogen-bond donors (Lipinski definition) is 1. The first-order chi connectivity index (χ1) is 12.0. The molecule has 1 N–H and O–H groups in total. The van der Waals surface area contributed by atoms with Crippen LogP contribution in [0.3, 0.4) is 0 Å². The van der Waals surface area contributed by atoms with E-state index in [4.69, 9.17) is 5.26 Å². The smallest absolute Gasteiger partial charge is 0.288 e. The second-order valence-corrected chi connectivity index (χ2v) is 6.63. The number of H-pyrrole nitrogens is 1. The molecule has 2 aliphatic heterocycles. The van der Waals surface area contributed by atoms with E-state index >= 15 is 0 Å². The van der Waals surface area contributed by atoms with Crippen molar-refractivity contribution < 1.29 is 4.39 Å². The summed E-state index contributed by atoms with van der Waals surface area (Å²) >= 11 is 0. The molecule has 2 aromatic heterocycles. The Bertz CT molecular complexity index is 889. The average molecular weight is 340 g/mol. The van der Waals surface area contributed by atoms with E-state index < -0.39 is 11.4 Å². The number of nitriles is 1. The lowest BCUT2D eigenvalue weighted by molar-refractivity contribution is 0.533. The third kappa shape index (κ3) is 2.71. The van der Waals surface area contributed by atoms with Gasteiger partial charge in [-0.05, 0) is 19.1 Å². The summed E-state index contributed by atoms with van der Waals surface area (Å²) in [5.74, 6) is 0.533. The lowest BCUT2D eigenvalue weighted by atomic mass is 10.0. The number of fused-ring (bicyclic) bond motifs is 1. The van der Waals surface area contributed by atoms with Gasteiger partial charge in [0.15, 0.2) is 0 Å². The van der Waals surface area contributed by atoms with Crippen molar-refractivity contribution in [2.24, 2.45) is 11.8 Å². The first kappa shape index (κ1) is 15.6. The highest BCUT2D eigenvalue weighted by atomic mass is 19.1. The summed E-state index contributed by atoms with van der Waals surface area (Å²) in [7, 11) is 0. The number of aromatic nitrogens is 3. The molecule has 2 fully saturated rings. The molecular formula is C17H17FN6O. The van der Waals surface area contributed by atoms with Gasteiger partial charge in [-0.25, -0.2) is 9.97 Å². The van der Waals surface area contributed by atoms with Crippen molar-refractivity contribution in [3.8, 4) is 6.07 Å². The molecule has 0 aromatic carbocycles. The SMILES string of the molecule is Cc1nc(N2CC3CN(c4ccc(C#N)nc4)CC3C2)[nH]c(=O)c1F. The number of rotatable bonds is 2. The van der Waals surface area contributed by atoms with Crippen LogP contribution in [0.1, 0.15) is 11.4 Å². The van der Waals surface area contributed by atoms with Gasteiger partial charge < -0.3 is 9.80 Å². The van der Waals surface area contributed by atoms with Crippen molar-refractivity contribution in [1.29, 1.82) is 5.26 Å². The summed E-state index contributed by atoms with van der Waals surface area (Å²) in [5, 5.41) is 8.83. The topological polar surface area (TPSA) is 88.9 Å². The predicted octanol–water partition coefficient (Wildman–Crippen LogP) is 1.06. The molecule has 2 aliphatic rings. The first-order valence-corrected chi connectivity index (χ1v) is 8.17. The molecule has 4 heterocycles. The largest absolute Gasteiger partial charge is 0.370 e. The van der Waals surface area contributed by atoms with Crippen LogP contribution >= 0.6 is 0 Å². The lowest BCUT2D eigenvalue weighted by Crippen LogP contribution is -2.31. The third-order valence-electron chi connectivity index (χ3n) is 5.03. The Hall–Kier alpha value is -2.95. The van der Waals surface area contributed by atoms with Crippen molar-refractivity contribution in [3.63, 3.8) is 0 Å². The van der Waals surface area contributed by atoms with Gasteiger partial charge in [-0.15, -0.1) is 0 Å². The molecule has 8 heteroatoms. The van der Waals surface area contributed by atoms with E-state index in [1.165, 1.54) is 6.92 Å². The Morgan fingerprint density at radius 2 is 1.92 bits per heavy atom.